The highest BCUT2D eigenvalue weighted by atomic mass is 35.5. The summed E-state index contributed by atoms with van der Waals surface area (Å²) in [5, 5.41) is 4.09. The van der Waals surface area contributed by atoms with Gasteiger partial charge in [-0.25, -0.2) is 0 Å². The van der Waals surface area contributed by atoms with Crippen molar-refractivity contribution in [3.8, 4) is 11.5 Å². The maximum atomic E-state index is 6.04. The molecule has 92 valence electrons. The SMILES string of the molecule is CC(C)(C)C(N)c1noc(-c2ccoc2Cl)n1. The number of rotatable bonds is 2. The van der Waals surface area contributed by atoms with Crippen LogP contribution in [-0.2, 0) is 0 Å². The van der Waals surface area contributed by atoms with Crippen LogP contribution >= 0.6 is 11.6 Å². The standard InChI is InChI=1S/C11H14ClN3O2/c1-11(2,3)7(13)9-14-10(17-15-9)6-4-5-16-8(6)12/h4-5,7H,13H2,1-3H3. The minimum Gasteiger partial charge on any atom is -0.452 e. The lowest BCUT2D eigenvalue weighted by Gasteiger charge is -2.23. The van der Waals surface area contributed by atoms with Gasteiger partial charge in [0.25, 0.3) is 5.89 Å². The average molecular weight is 256 g/mol. The fourth-order valence-electron chi connectivity index (χ4n) is 1.30. The summed E-state index contributed by atoms with van der Waals surface area (Å²) >= 11 is 5.83. The minimum absolute atomic E-state index is 0.138. The molecule has 5 nitrogen and oxygen atoms in total. The third-order valence-electron chi connectivity index (χ3n) is 2.50. The van der Waals surface area contributed by atoms with Crippen LogP contribution in [-0.4, -0.2) is 10.1 Å². The maximum absolute atomic E-state index is 6.04. The lowest BCUT2D eigenvalue weighted by molar-refractivity contribution is 0.303. The third-order valence-corrected chi connectivity index (χ3v) is 2.79. The molecule has 0 fully saturated rings. The van der Waals surface area contributed by atoms with E-state index in [0.717, 1.165) is 0 Å². The Labute approximate surface area is 104 Å². The molecule has 0 aliphatic heterocycles. The number of nitrogens with zero attached hydrogens (tertiary/aromatic N) is 2. The summed E-state index contributed by atoms with van der Waals surface area (Å²) in [7, 11) is 0. The fourth-order valence-corrected chi connectivity index (χ4v) is 1.50. The van der Waals surface area contributed by atoms with Gasteiger partial charge in [-0.05, 0) is 23.1 Å². The molecule has 1 unspecified atom stereocenters. The molecule has 6 heteroatoms. The Balaban J connectivity index is 2.31. The van der Waals surface area contributed by atoms with E-state index >= 15 is 0 Å². The summed E-state index contributed by atoms with van der Waals surface area (Å²) in [6, 6.07) is 1.37. The van der Waals surface area contributed by atoms with E-state index in [9.17, 15) is 0 Å². The van der Waals surface area contributed by atoms with E-state index in [1.54, 1.807) is 6.07 Å². The molecule has 2 aromatic rings. The molecule has 17 heavy (non-hydrogen) atoms. The van der Waals surface area contributed by atoms with Crippen LogP contribution in [0.1, 0.15) is 32.6 Å². The van der Waals surface area contributed by atoms with E-state index in [-0.39, 0.29) is 16.7 Å². The Morgan fingerprint density at radius 1 is 1.41 bits per heavy atom. The predicted octanol–water partition coefficient (Wildman–Crippen LogP) is 3.03. The molecule has 2 rings (SSSR count). The number of aromatic nitrogens is 2. The van der Waals surface area contributed by atoms with Crippen molar-refractivity contribution in [3.63, 3.8) is 0 Å². The molecule has 0 radical (unpaired) electrons. The second-order valence-corrected chi connectivity index (χ2v) is 5.25. The Morgan fingerprint density at radius 2 is 2.12 bits per heavy atom. The lowest BCUT2D eigenvalue weighted by Crippen LogP contribution is -2.27. The first kappa shape index (κ1) is 12.1. The van der Waals surface area contributed by atoms with E-state index in [1.807, 2.05) is 20.8 Å². The zero-order valence-electron chi connectivity index (χ0n) is 9.90. The Kier molecular flexibility index (Phi) is 2.97. The molecule has 0 aliphatic rings. The van der Waals surface area contributed by atoms with Gasteiger partial charge in [-0.3, -0.25) is 0 Å². The van der Waals surface area contributed by atoms with Gasteiger partial charge in [0.2, 0.25) is 5.22 Å². The van der Waals surface area contributed by atoms with Gasteiger partial charge in [0.05, 0.1) is 17.9 Å². The van der Waals surface area contributed by atoms with Gasteiger partial charge in [0.1, 0.15) is 0 Å². The highest BCUT2D eigenvalue weighted by molar-refractivity contribution is 6.31. The monoisotopic (exact) mass is 255 g/mol. The van der Waals surface area contributed by atoms with Gasteiger partial charge in [-0.2, -0.15) is 4.98 Å². The van der Waals surface area contributed by atoms with Crippen LogP contribution in [0.3, 0.4) is 0 Å². The number of nitrogens with two attached hydrogens (primary N) is 1. The zero-order chi connectivity index (χ0) is 12.6. The van der Waals surface area contributed by atoms with Gasteiger partial charge in [-0.1, -0.05) is 25.9 Å². The molecule has 0 saturated carbocycles. The van der Waals surface area contributed by atoms with Crippen LogP contribution in [0.25, 0.3) is 11.5 Å². The summed E-state index contributed by atoms with van der Waals surface area (Å²) in [6.07, 6.45) is 1.46. The first-order chi connectivity index (χ1) is 7.89. The molecule has 1 atom stereocenters. The summed E-state index contributed by atoms with van der Waals surface area (Å²) in [4.78, 5) is 4.23. The molecule has 0 aromatic carbocycles. The molecule has 0 aliphatic carbocycles. The van der Waals surface area contributed by atoms with E-state index in [2.05, 4.69) is 10.1 Å². The maximum Gasteiger partial charge on any atom is 0.262 e. The fraction of sp³-hybridized carbons (Fsp3) is 0.455. The van der Waals surface area contributed by atoms with Crippen molar-refractivity contribution >= 4 is 11.6 Å². The van der Waals surface area contributed by atoms with Crippen LogP contribution in [0.15, 0.2) is 21.3 Å². The third kappa shape index (κ3) is 2.35. The Morgan fingerprint density at radius 3 is 2.65 bits per heavy atom. The van der Waals surface area contributed by atoms with E-state index in [1.165, 1.54) is 6.26 Å². The van der Waals surface area contributed by atoms with Crippen molar-refractivity contribution in [3.05, 3.63) is 23.4 Å². The first-order valence-electron chi connectivity index (χ1n) is 5.22. The lowest BCUT2D eigenvalue weighted by atomic mass is 9.87. The largest absolute Gasteiger partial charge is 0.452 e. The van der Waals surface area contributed by atoms with E-state index in [4.69, 9.17) is 26.3 Å². The molecular formula is C11H14ClN3O2. The number of furan rings is 1. The van der Waals surface area contributed by atoms with Crippen molar-refractivity contribution in [1.82, 2.24) is 10.1 Å². The van der Waals surface area contributed by atoms with Crippen LogP contribution < -0.4 is 5.73 Å². The summed E-state index contributed by atoms with van der Waals surface area (Å²) in [5.41, 5.74) is 6.47. The van der Waals surface area contributed by atoms with Crippen LogP contribution in [0.4, 0.5) is 0 Å². The van der Waals surface area contributed by atoms with Crippen LogP contribution in [0.2, 0.25) is 5.22 Å². The minimum atomic E-state index is -0.300. The average Bonchev–Trinajstić information content (AvgIpc) is 2.83. The first-order valence-corrected chi connectivity index (χ1v) is 5.60. The van der Waals surface area contributed by atoms with Crippen LogP contribution in [0.5, 0.6) is 0 Å². The smallest absolute Gasteiger partial charge is 0.262 e. The zero-order valence-corrected chi connectivity index (χ0v) is 10.7. The second kappa shape index (κ2) is 4.16. The van der Waals surface area contributed by atoms with Crippen molar-refractivity contribution in [2.24, 2.45) is 11.1 Å². The molecule has 0 bridgehead atoms. The molecule has 0 amide bonds. The quantitative estimate of drug-likeness (QED) is 0.892. The van der Waals surface area contributed by atoms with Crippen molar-refractivity contribution < 1.29 is 8.94 Å². The van der Waals surface area contributed by atoms with Crippen molar-refractivity contribution in [1.29, 1.82) is 0 Å². The van der Waals surface area contributed by atoms with Crippen molar-refractivity contribution in [2.75, 3.05) is 0 Å². The Bertz CT molecular complexity index is 513. The molecule has 0 saturated heterocycles. The predicted molar refractivity (Wildman–Crippen MR) is 63.4 cm³/mol. The summed E-state index contributed by atoms with van der Waals surface area (Å²) in [6.45, 7) is 6.04. The number of hydrogen-bond donors (Lipinski definition) is 1. The molecule has 2 N–H and O–H groups in total. The van der Waals surface area contributed by atoms with Crippen LogP contribution in [0, 0.1) is 5.41 Å². The van der Waals surface area contributed by atoms with E-state index in [0.29, 0.717) is 17.3 Å². The van der Waals surface area contributed by atoms with Gasteiger partial charge in [-0.15, -0.1) is 0 Å². The number of halogens is 1. The van der Waals surface area contributed by atoms with E-state index < -0.39 is 0 Å². The molecule has 2 heterocycles. The van der Waals surface area contributed by atoms with Crippen molar-refractivity contribution in [2.45, 2.75) is 26.8 Å². The normalized spacial score (nSPS) is 13.9. The van der Waals surface area contributed by atoms with Gasteiger partial charge < -0.3 is 14.7 Å². The molecule has 2 aromatic heterocycles. The number of hydrogen-bond acceptors (Lipinski definition) is 5. The highest BCUT2D eigenvalue weighted by Gasteiger charge is 2.27. The summed E-state index contributed by atoms with van der Waals surface area (Å²) < 4.78 is 10.1. The topological polar surface area (TPSA) is 78.1 Å². The molecular weight excluding hydrogens is 242 g/mol. The van der Waals surface area contributed by atoms with Gasteiger partial charge >= 0.3 is 0 Å². The molecule has 0 spiro atoms. The van der Waals surface area contributed by atoms with Gasteiger partial charge in [0, 0.05) is 0 Å². The second-order valence-electron chi connectivity index (χ2n) is 4.91. The summed E-state index contributed by atoms with van der Waals surface area (Å²) in [5.74, 6) is 0.781. The van der Waals surface area contributed by atoms with Gasteiger partial charge in [0.15, 0.2) is 5.82 Å². The Hall–Kier alpha value is -1.33. The highest BCUT2D eigenvalue weighted by Crippen LogP contribution is 2.32.